The molecule has 8 heteroatoms. The standard InChI is InChI=1S/C14H14N2O5S/c1-3-19-12(18)11-7-22-13(16-11)14(8-15)5-4-10(6-20-14)21-9(2)17/h4-5,7,10H,3,6H2,1-2H3/t10-,14+/m0/s1. The highest BCUT2D eigenvalue weighted by atomic mass is 32.1. The summed E-state index contributed by atoms with van der Waals surface area (Å²) in [6.45, 7) is 3.28. The maximum absolute atomic E-state index is 11.6. The molecule has 1 aromatic rings. The topological polar surface area (TPSA) is 98.5 Å². The largest absolute Gasteiger partial charge is 0.461 e. The second kappa shape index (κ2) is 6.68. The Balaban J connectivity index is 2.21. The normalized spacial score (nSPS) is 23.6. The van der Waals surface area contributed by atoms with Crippen LogP contribution in [-0.2, 0) is 24.6 Å². The van der Waals surface area contributed by atoms with Gasteiger partial charge in [0.05, 0.1) is 13.2 Å². The summed E-state index contributed by atoms with van der Waals surface area (Å²) in [5.41, 5.74) is -1.25. The maximum atomic E-state index is 11.6. The van der Waals surface area contributed by atoms with Gasteiger partial charge >= 0.3 is 11.9 Å². The predicted molar refractivity (Wildman–Crippen MR) is 76.0 cm³/mol. The van der Waals surface area contributed by atoms with Gasteiger partial charge in [0, 0.05) is 12.3 Å². The molecule has 7 nitrogen and oxygen atoms in total. The third-order valence-corrected chi connectivity index (χ3v) is 3.77. The third kappa shape index (κ3) is 3.32. The molecule has 0 saturated carbocycles. The number of hydrogen-bond donors (Lipinski definition) is 0. The van der Waals surface area contributed by atoms with Gasteiger partial charge in [-0.05, 0) is 19.1 Å². The molecule has 22 heavy (non-hydrogen) atoms. The maximum Gasteiger partial charge on any atom is 0.357 e. The molecule has 0 N–H and O–H groups in total. The average molecular weight is 322 g/mol. The van der Waals surface area contributed by atoms with Crippen molar-refractivity contribution in [2.24, 2.45) is 0 Å². The number of nitrogens with zero attached hydrogens (tertiary/aromatic N) is 2. The zero-order valence-corrected chi connectivity index (χ0v) is 12.9. The molecule has 2 rings (SSSR count). The molecule has 1 aliphatic heterocycles. The van der Waals surface area contributed by atoms with E-state index >= 15 is 0 Å². The summed E-state index contributed by atoms with van der Waals surface area (Å²) in [4.78, 5) is 26.7. The molecule has 0 radical (unpaired) electrons. The van der Waals surface area contributed by atoms with Gasteiger partial charge in [-0.2, -0.15) is 5.26 Å². The van der Waals surface area contributed by atoms with Crippen molar-refractivity contribution in [1.29, 1.82) is 5.26 Å². The lowest BCUT2D eigenvalue weighted by Crippen LogP contribution is -2.35. The lowest BCUT2D eigenvalue weighted by molar-refractivity contribution is -0.149. The van der Waals surface area contributed by atoms with E-state index in [1.165, 1.54) is 18.4 Å². The van der Waals surface area contributed by atoms with E-state index in [0.29, 0.717) is 5.01 Å². The van der Waals surface area contributed by atoms with E-state index in [-0.39, 0.29) is 18.9 Å². The average Bonchev–Trinajstić information content (AvgIpc) is 2.98. The number of thiazole rings is 1. The first kappa shape index (κ1) is 16.1. The summed E-state index contributed by atoms with van der Waals surface area (Å²) in [6.07, 6.45) is 2.53. The Bertz CT molecular complexity index is 648. The Morgan fingerprint density at radius 1 is 1.64 bits per heavy atom. The molecule has 0 amide bonds. The van der Waals surface area contributed by atoms with Gasteiger partial charge in [-0.1, -0.05) is 0 Å². The minimum atomic E-state index is -1.38. The van der Waals surface area contributed by atoms with Crippen LogP contribution in [0, 0.1) is 11.3 Å². The van der Waals surface area contributed by atoms with E-state index in [1.807, 2.05) is 6.07 Å². The van der Waals surface area contributed by atoms with Crippen LogP contribution in [0.25, 0.3) is 0 Å². The molecule has 116 valence electrons. The zero-order chi connectivity index (χ0) is 16.2. The van der Waals surface area contributed by atoms with Gasteiger partial charge in [0.15, 0.2) is 5.69 Å². The molecule has 0 aliphatic carbocycles. The van der Waals surface area contributed by atoms with Crippen LogP contribution in [0.1, 0.15) is 29.3 Å². The summed E-state index contributed by atoms with van der Waals surface area (Å²) in [6, 6.07) is 2.04. The van der Waals surface area contributed by atoms with Gasteiger partial charge in [-0.15, -0.1) is 11.3 Å². The van der Waals surface area contributed by atoms with Gasteiger partial charge < -0.3 is 14.2 Å². The Morgan fingerprint density at radius 3 is 2.95 bits per heavy atom. The van der Waals surface area contributed by atoms with Crippen molar-refractivity contribution < 1.29 is 23.8 Å². The number of aromatic nitrogens is 1. The van der Waals surface area contributed by atoms with Crippen LogP contribution in [0.5, 0.6) is 0 Å². The van der Waals surface area contributed by atoms with Gasteiger partial charge in [-0.25, -0.2) is 9.78 Å². The van der Waals surface area contributed by atoms with Crippen molar-refractivity contribution in [3.63, 3.8) is 0 Å². The van der Waals surface area contributed by atoms with Crippen molar-refractivity contribution in [3.8, 4) is 6.07 Å². The Morgan fingerprint density at radius 2 is 2.41 bits per heavy atom. The number of ether oxygens (including phenoxy) is 3. The van der Waals surface area contributed by atoms with Crippen LogP contribution in [-0.4, -0.2) is 36.2 Å². The number of hydrogen-bond acceptors (Lipinski definition) is 8. The smallest absolute Gasteiger partial charge is 0.357 e. The molecule has 0 bridgehead atoms. The summed E-state index contributed by atoms with van der Waals surface area (Å²) in [7, 11) is 0. The Labute approximate surface area is 131 Å². The Kier molecular flexibility index (Phi) is 4.90. The molecular formula is C14H14N2O5S. The van der Waals surface area contributed by atoms with Gasteiger partial charge in [0.2, 0.25) is 5.60 Å². The molecule has 1 aromatic heterocycles. The molecule has 0 aromatic carbocycles. The van der Waals surface area contributed by atoms with E-state index in [9.17, 15) is 14.9 Å². The lowest BCUT2D eigenvalue weighted by atomic mass is 10.0. The molecule has 2 atom stereocenters. The van der Waals surface area contributed by atoms with Crippen molar-refractivity contribution in [2.45, 2.75) is 25.6 Å². The molecule has 1 aliphatic rings. The van der Waals surface area contributed by atoms with Crippen LogP contribution in [0.2, 0.25) is 0 Å². The van der Waals surface area contributed by atoms with Crippen molar-refractivity contribution in [2.75, 3.05) is 13.2 Å². The van der Waals surface area contributed by atoms with Crippen LogP contribution in [0.3, 0.4) is 0 Å². The van der Waals surface area contributed by atoms with Crippen LogP contribution in [0.4, 0.5) is 0 Å². The van der Waals surface area contributed by atoms with E-state index in [4.69, 9.17) is 14.2 Å². The van der Waals surface area contributed by atoms with E-state index in [1.54, 1.807) is 13.0 Å². The first-order valence-corrected chi connectivity index (χ1v) is 7.43. The SMILES string of the molecule is CCOC(=O)c1csc([C@]2(C#N)C=C[C@H](OC(C)=O)CO2)n1. The third-order valence-electron chi connectivity index (χ3n) is 2.81. The summed E-state index contributed by atoms with van der Waals surface area (Å²) >= 11 is 1.13. The highest BCUT2D eigenvalue weighted by molar-refractivity contribution is 7.10. The fourth-order valence-electron chi connectivity index (χ4n) is 1.84. The quantitative estimate of drug-likeness (QED) is 0.612. The second-order valence-electron chi connectivity index (χ2n) is 4.42. The van der Waals surface area contributed by atoms with Crippen molar-refractivity contribution in [3.05, 3.63) is 28.2 Å². The molecule has 0 unspecified atom stereocenters. The summed E-state index contributed by atoms with van der Waals surface area (Å²) < 4.78 is 15.4. The first-order valence-electron chi connectivity index (χ1n) is 6.55. The van der Waals surface area contributed by atoms with Gasteiger partial charge in [0.25, 0.3) is 0 Å². The Hall–Kier alpha value is -2.24. The predicted octanol–water partition coefficient (Wildman–Crippen LogP) is 1.56. The number of carbonyl (C=O) groups excluding carboxylic acids is 2. The second-order valence-corrected chi connectivity index (χ2v) is 5.28. The minimum absolute atomic E-state index is 0.0396. The number of esters is 2. The van der Waals surface area contributed by atoms with Crippen LogP contribution >= 0.6 is 11.3 Å². The van der Waals surface area contributed by atoms with Crippen molar-refractivity contribution in [1.82, 2.24) is 4.98 Å². The fourth-order valence-corrected chi connectivity index (χ4v) is 2.71. The molecule has 2 heterocycles. The van der Waals surface area contributed by atoms with E-state index < -0.39 is 23.6 Å². The fraction of sp³-hybridized carbons (Fsp3) is 0.429. The monoisotopic (exact) mass is 322 g/mol. The van der Waals surface area contributed by atoms with E-state index in [0.717, 1.165) is 11.3 Å². The summed E-state index contributed by atoms with van der Waals surface area (Å²) in [5, 5.41) is 11.3. The highest BCUT2D eigenvalue weighted by Crippen LogP contribution is 2.33. The molecule has 0 spiro atoms. The van der Waals surface area contributed by atoms with E-state index in [2.05, 4.69) is 4.98 Å². The lowest BCUT2D eigenvalue weighted by Gasteiger charge is -2.28. The summed E-state index contributed by atoms with van der Waals surface area (Å²) in [5.74, 6) is -0.975. The zero-order valence-electron chi connectivity index (χ0n) is 12.1. The highest BCUT2D eigenvalue weighted by Gasteiger charge is 2.38. The van der Waals surface area contributed by atoms with Gasteiger partial charge in [-0.3, -0.25) is 4.79 Å². The minimum Gasteiger partial charge on any atom is -0.461 e. The number of rotatable bonds is 4. The van der Waals surface area contributed by atoms with Crippen molar-refractivity contribution >= 4 is 23.3 Å². The van der Waals surface area contributed by atoms with Crippen LogP contribution < -0.4 is 0 Å². The number of carbonyl (C=O) groups is 2. The number of nitriles is 1. The molecule has 0 saturated heterocycles. The molecular weight excluding hydrogens is 308 g/mol. The van der Waals surface area contributed by atoms with Gasteiger partial charge in [0.1, 0.15) is 17.2 Å². The molecule has 0 fully saturated rings. The first-order chi connectivity index (χ1) is 10.5. The van der Waals surface area contributed by atoms with Crippen LogP contribution in [0.15, 0.2) is 17.5 Å².